The highest BCUT2D eigenvalue weighted by Crippen LogP contribution is 2.33. The fourth-order valence-corrected chi connectivity index (χ4v) is 4.87. The van der Waals surface area contributed by atoms with Crippen molar-refractivity contribution in [2.24, 2.45) is 5.92 Å². The zero-order valence-corrected chi connectivity index (χ0v) is 20.4. The lowest BCUT2D eigenvalue weighted by molar-refractivity contribution is -0.135. The molecule has 1 heterocycles. The van der Waals surface area contributed by atoms with Gasteiger partial charge in [0.25, 0.3) is 0 Å². The summed E-state index contributed by atoms with van der Waals surface area (Å²) in [4.78, 5) is 24.9. The van der Waals surface area contributed by atoms with Gasteiger partial charge >= 0.3 is 12.0 Å². The number of hydrogen-bond acceptors (Lipinski definition) is 3. The number of carboxylic acid groups (broad SMARTS) is 1. The van der Waals surface area contributed by atoms with Crippen molar-refractivity contribution >= 4 is 35.2 Å². The van der Waals surface area contributed by atoms with Crippen LogP contribution in [0.2, 0.25) is 0 Å². The third-order valence-corrected chi connectivity index (χ3v) is 6.69. The van der Waals surface area contributed by atoms with Gasteiger partial charge in [0.05, 0.1) is 0 Å². The van der Waals surface area contributed by atoms with Crippen LogP contribution >= 0.6 is 12.4 Å². The standard InChI is InChI=1S/C27H30FN3O3.ClH/c1-18(23-11-5-7-19-6-2-3-10-24(19)23)29-15-21-12-13-31(27(34)30-16-26(32)33)17-25(21)20-8-4-9-22(28)14-20;/h2-11,14,18,21,25,29H,12-13,15-17H2,1H3,(H,30,34)(H,32,33);1H/t18-,21?,25?;/m1./s1. The summed E-state index contributed by atoms with van der Waals surface area (Å²) in [5.41, 5.74) is 2.08. The number of aliphatic carboxylic acids is 1. The van der Waals surface area contributed by atoms with Gasteiger partial charge in [-0.05, 0) is 59.8 Å². The van der Waals surface area contributed by atoms with Gasteiger partial charge in [-0.2, -0.15) is 0 Å². The molecule has 0 bridgehead atoms. The number of benzene rings is 3. The molecule has 1 fully saturated rings. The summed E-state index contributed by atoms with van der Waals surface area (Å²) in [7, 11) is 0. The van der Waals surface area contributed by atoms with Crippen LogP contribution in [0.5, 0.6) is 0 Å². The second-order valence-corrected chi connectivity index (χ2v) is 8.91. The maximum atomic E-state index is 14.0. The molecule has 2 amide bonds. The fraction of sp³-hybridized carbons (Fsp3) is 0.333. The van der Waals surface area contributed by atoms with Crippen LogP contribution in [0, 0.1) is 11.7 Å². The number of hydrogen-bond donors (Lipinski definition) is 3. The smallest absolute Gasteiger partial charge is 0.323 e. The third kappa shape index (κ3) is 6.50. The number of fused-ring (bicyclic) bond motifs is 1. The third-order valence-electron chi connectivity index (χ3n) is 6.69. The quantitative estimate of drug-likeness (QED) is 0.429. The van der Waals surface area contributed by atoms with Crippen LogP contribution in [-0.2, 0) is 4.79 Å². The largest absolute Gasteiger partial charge is 0.480 e. The molecule has 8 heteroatoms. The topological polar surface area (TPSA) is 81.7 Å². The van der Waals surface area contributed by atoms with Crippen molar-refractivity contribution in [3.05, 3.63) is 83.7 Å². The molecular formula is C27H31ClFN3O3. The first-order valence-electron chi connectivity index (χ1n) is 11.6. The summed E-state index contributed by atoms with van der Waals surface area (Å²) in [6, 6.07) is 20.9. The lowest BCUT2D eigenvalue weighted by Gasteiger charge is -2.39. The normalized spacial score (nSPS) is 18.5. The Morgan fingerprint density at radius 2 is 1.86 bits per heavy atom. The Hall–Kier alpha value is -3.16. The van der Waals surface area contributed by atoms with E-state index < -0.39 is 18.5 Å². The van der Waals surface area contributed by atoms with Gasteiger partial charge in [0, 0.05) is 25.0 Å². The number of likely N-dealkylation sites (tertiary alicyclic amines) is 1. The molecule has 0 spiro atoms. The zero-order chi connectivity index (χ0) is 24.1. The van der Waals surface area contributed by atoms with E-state index in [2.05, 4.69) is 47.9 Å². The number of halogens is 2. The molecule has 0 radical (unpaired) electrons. The summed E-state index contributed by atoms with van der Waals surface area (Å²) in [5.74, 6) is -1.26. The van der Waals surface area contributed by atoms with Gasteiger partial charge in [0.15, 0.2) is 0 Å². The Labute approximate surface area is 210 Å². The molecule has 6 nitrogen and oxygen atoms in total. The molecule has 3 atom stereocenters. The first-order chi connectivity index (χ1) is 16.4. The predicted molar refractivity (Wildman–Crippen MR) is 137 cm³/mol. The molecule has 4 rings (SSSR count). The van der Waals surface area contributed by atoms with Crippen LogP contribution in [0.3, 0.4) is 0 Å². The van der Waals surface area contributed by atoms with E-state index in [-0.39, 0.29) is 36.1 Å². The van der Waals surface area contributed by atoms with Gasteiger partial charge in [0.1, 0.15) is 12.4 Å². The molecule has 0 saturated carbocycles. The van der Waals surface area contributed by atoms with Gasteiger partial charge in [-0.25, -0.2) is 9.18 Å². The molecule has 1 saturated heterocycles. The Balaban J connectivity index is 0.00000342. The molecule has 0 aliphatic carbocycles. The van der Waals surface area contributed by atoms with E-state index in [9.17, 15) is 14.0 Å². The summed E-state index contributed by atoms with van der Waals surface area (Å²) in [6.45, 7) is 3.37. The molecule has 1 aliphatic heterocycles. The van der Waals surface area contributed by atoms with Crippen molar-refractivity contribution < 1.29 is 19.1 Å². The molecule has 186 valence electrons. The Bertz CT molecular complexity index is 1170. The van der Waals surface area contributed by atoms with Crippen LogP contribution in [-0.4, -0.2) is 48.2 Å². The number of amides is 2. The van der Waals surface area contributed by atoms with E-state index in [1.54, 1.807) is 11.0 Å². The van der Waals surface area contributed by atoms with Crippen molar-refractivity contribution in [1.82, 2.24) is 15.5 Å². The minimum atomic E-state index is -1.09. The lowest BCUT2D eigenvalue weighted by atomic mass is 9.80. The Kier molecular flexibility index (Phi) is 9.07. The van der Waals surface area contributed by atoms with Crippen molar-refractivity contribution in [3.8, 4) is 0 Å². The van der Waals surface area contributed by atoms with Crippen LogP contribution in [0.25, 0.3) is 10.8 Å². The zero-order valence-electron chi connectivity index (χ0n) is 19.6. The van der Waals surface area contributed by atoms with Crippen LogP contribution in [0.1, 0.15) is 36.4 Å². The van der Waals surface area contributed by atoms with Gasteiger partial charge in [-0.15, -0.1) is 12.4 Å². The minimum Gasteiger partial charge on any atom is -0.480 e. The number of carbonyl (C=O) groups excluding carboxylic acids is 1. The maximum Gasteiger partial charge on any atom is 0.323 e. The average molecular weight is 500 g/mol. The highest BCUT2D eigenvalue weighted by molar-refractivity contribution is 5.86. The van der Waals surface area contributed by atoms with Crippen LogP contribution in [0.4, 0.5) is 9.18 Å². The van der Waals surface area contributed by atoms with E-state index in [0.29, 0.717) is 13.1 Å². The number of piperidine rings is 1. The fourth-order valence-electron chi connectivity index (χ4n) is 4.87. The minimum absolute atomic E-state index is 0. The SMILES string of the molecule is C[C@@H](NCC1CCN(C(=O)NCC(=O)O)CC1c1cccc(F)c1)c1cccc2ccccc12.Cl. The molecule has 3 aromatic rings. The number of carboxylic acids is 1. The summed E-state index contributed by atoms with van der Waals surface area (Å²) < 4.78 is 14.0. The van der Waals surface area contributed by atoms with Crippen LogP contribution in [0.15, 0.2) is 66.7 Å². The number of urea groups is 1. The number of nitrogens with zero attached hydrogens (tertiary/aromatic N) is 1. The van der Waals surface area contributed by atoms with E-state index in [4.69, 9.17) is 5.11 Å². The highest BCUT2D eigenvalue weighted by atomic mass is 35.5. The predicted octanol–water partition coefficient (Wildman–Crippen LogP) is 4.95. The molecule has 2 unspecified atom stereocenters. The van der Waals surface area contributed by atoms with Crippen molar-refractivity contribution in [2.75, 3.05) is 26.2 Å². The summed E-state index contributed by atoms with van der Waals surface area (Å²) >= 11 is 0. The molecule has 3 aromatic carbocycles. The first kappa shape index (κ1) is 26.4. The summed E-state index contributed by atoms with van der Waals surface area (Å²) in [5, 5.41) is 17.4. The second kappa shape index (κ2) is 12.0. The van der Waals surface area contributed by atoms with Crippen molar-refractivity contribution in [3.63, 3.8) is 0 Å². The van der Waals surface area contributed by atoms with Crippen molar-refractivity contribution in [1.29, 1.82) is 0 Å². The molecule has 1 aliphatic rings. The molecule has 3 N–H and O–H groups in total. The summed E-state index contributed by atoms with van der Waals surface area (Å²) in [6.07, 6.45) is 0.733. The van der Waals surface area contributed by atoms with E-state index in [1.807, 2.05) is 18.2 Å². The van der Waals surface area contributed by atoms with E-state index >= 15 is 0 Å². The number of nitrogens with one attached hydrogen (secondary N) is 2. The van der Waals surface area contributed by atoms with Crippen molar-refractivity contribution in [2.45, 2.75) is 25.3 Å². The van der Waals surface area contributed by atoms with Gasteiger partial charge in [0.2, 0.25) is 0 Å². The molecule has 35 heavy (non-hydrogen) atoms. The molecule has 0 aromatic heterocycles. The van der Waals surface area contributed by atoms with Gasteiger partial charge in [-0.3, -0.25) is 4.79 Å². The highest BCUT2D eigenvalue weighted by Gasteiger charge is 2.33. The Morgan fingerprint density at radius 1 is 1.11 bits per heavy atom. The van der Waals surface area contributed by atoms with E-state index in [0.717, 1.165) is 18.5 Å². The first-order valence-corrected chi connectivity index (χ1v) is 11.6. The van der Waals surface area contributed by atoms with Crippen LogP contribution < -0.4 is 10.6 Å². The van der Waals surface area contributed by atoms with E-state index in [1.165, 1.54) is 28.5 Å². The number of rotatable bonds is 7. The number of carbonyl (C=O) groups is 2. The maximum absolute atomic E-state index is 14.0. The monoisotopic (exact) mass is 499 g/mol. The van der Waals surface area contributed by atoms with Gasteiger partial charge < -0.3 is 20.6 Å². The molecular weight excluding hydrogens is 469 g/mol. The lowest BCUT2D eigenvalue weighted by Crippen LogP contribution is -2.49. The second-order valence-electron chi connectivity index (χ2n) is 8.91. The Morgan fingerprint density at radius 3 is 2.63 bits per heavy atom. The van der Waals surface area contributed by atoms with Gasteiger partial charge in [-0.1, -0.05) is 54.6 Å². The average Bonchev–Trinajstić information content (AvgIpc) is 2.85.